The van der Waals surface area contributed by atoms with E-state index in [0.29, 0.717) is 0 Å². The summed E-state index contributed by atoms with van der Waals surface area (Å²) in [7, 11) is 0. The largest absolute Gasteiger partial charge is 0.393 e. The minimum Gasteiger partial charge on any atom is -0.393 e. The van der Waals surface area contributed by atoms with Crippen LogP contribution in [0.25, 0.3) is 0 Å². The number of rotatable bonds is 0. The van der Waals surface area contributed by atoms with E-state index < -0.39 is 0 Å². The summed E-state index contributed by atoms with van der Waals surface area (Å²) in [5.74, 6) is 0. The van der Waals surface area contributed by atoms with Gasteiger partial charge >= 0.3 is 0 Å². The Balaban J connectivity index is 0. The summed E-state index contributed by atoms with van der Waals surface area (Å²) in [6, 6.07) is 1.57. The van der Waals surface area contributed by atoms with E-state index in [1.807, 2.05) is 6.08 Å². The van der Waals surface area contributed by atoms with Crippen LogP contribution in [-0.4, -0.2) is 0 Å². The van der Waals surface area contributed by atoms with Crippen molar-refractivity contribution in [2.24, 2.45) is 0 Å². The van der Waals surface area contributed by atoms with Gasteiger partial charge in [0.15, 0.2) is 0 Å². The van der Waals surface area contributed by atoms with Gasteiger partial charge in [0, 0.05) is 16.5 Å². The molecule has 0 atom stereocenters. The van der Waals surface area contributed by atoms with Crippen LogP contribution in [0.2, 0.25) is 0 Å². The fourth-order valence-electron chi connectivity index (χ4n) is 0. The zero-order chi connectivity index (χ0) is 3.41. The van der Waals surface area contributed by atoms with Gasteiger partial charge < -0.3 is 6.08 Å². The van der Waals surface area contributed by atoms with Crippen molar-refractivity contribution < 1.29 is 16.5 Å². The smallest absolute Gasteiger partial charge is 0 e. The number of nitrogens with zero attached hydrogens (tertiary/aromatic N) is 1. The van der Waals surface area contributed by atoms with Gasteiger partial charge in [0.05, 0.1) is 0 Å². The summed E-state index contributed by atoms with van der Waals surface area (Å²) in [5.41, 5.74) is 0. The SMILES string of the molecule is C=[C-]C#N.[Ni]. The Hall–Kier alpha value is -0.276. The molecule has 5 heavy (non-hydrogen) atoms. The maximum Gasteiger partial charge on any atom is 0 e. The standard InChI is InChI=1S/C3H2N.Ni/c1-2-3-4;/h1H2;/q-1;. The minimum atomic E-state index is 0. The molecule has 0 saturated heterocycles. The van der Waals surface area contributed by atoms with Crippen molar-refractivity contribution >= 4 is 0 Å². The molecule has 0 aliphatic carbocycles. The molecular weight excluding hydrogens is 109 g/mol. The molecule has 0 saturated carbocycles. The van der Waals surface area contributed by atoms with Gasteiger partial charge in [-0.3, -0.25) is 6.58 Å². The second-order valence-corrected chi connectivity index (χ2v) is 0.289. The first-order valence-corrected chi connectivity index (χ1v) is 0.827. The van der Waals surface area contributed by atoms with E-state index in [2.05, 4.69) is 6.58 Å². The van der Waals surface area contributed by atoms with Gasteiger partial charge in [-0.05, 0) is 0 Å². The van der Waals surface area contributed by atoms with Gasteiger partial charge in [0.1, 0.15) is 0 Å². The van der Waals surface area contributed by atoms with Gasteiger partial charge in [-0.2, -0.15) is 0 Å². The third-order valence-electron chi connectivity index (χ3n) is 0.0791. The second-order valence-electron chi connectivity index (χ2n) is 0.289. The number of hydrogen-bond acceptors (Lipinski definition) is 1. The molecule has 30 valence electrons. The van der Waals surface area contributed by atoms with Crippen LogP contribution in [-0.2, 0) is 16.5 Å². The molecule has 2 heteroatoms. The van der Waals surface area contributed by atoms with Crippen LogP contribution in [0, 0.1) is 17.4 Å². The molecular formula is C3H2NNi-. The van der Waals surface area contributed by atoms with Crippen LogP contribution in [0.4, 0.5) is 0 Å². The summed E-state index contributed by atoms with van der Waals surface area (Å²) in [6.07, 6.45) is 1.99. The third kappa shape index (κ3) is 21.1. The Morgan fingerprint density at radius 3 is 2.00 bits per heavy atom. The summed E-state index contributed by atoms with van der Waals surface area (Å²) in [5, 5.41) is 7.45. The number of nitriles is 1. The first kappa shape index (κ1) is 8.83. The Morgan fingerprint density at radius 1 is 1.80 bits per heavy atom. The number of hydrogen-bond donors (Lipinski definition) is 0. The molecule has 0 aromatic heterocycles. The molecule has 0 rings (SSSR count). The van der Waals surface area contributed by atoms with Crippen LogP contribution in [0.5, 0.6) is 0 Å². The van der Waals surface area contributed by atoms with Crippen LogP contribution >= 0.6 is 0 Å². The first-order chi connectivity index (χ1) is 1.91. The van der Waals surface area contributed by atoms with E-state index in [1.165, 1.54) is 0 Å². The molecule has 0 spiro atoms. The Bertz CT molecular complexity index is 52.4. The summed E-state index contributed by atoms with van der Waals surface area (Å²) < 4.78 is 0. The monoisotopic (exact) mass is 110 g/mol. The fourth-order valence-corrected chi connectivity index (χ4v) is 0. The van der Waals surface area contributed by atoms with E-state index in [4.69, 9.17) is 5.26 Å². The van der Waals surface area contributed by atoms with Crippen molar-refractivity contribution in [2.75, 3.05) is 0 Å². The van der Waals surface area contributed by atoms with Crippen LogP contribution in [0.15, 0.2) is 6.58 Å². The molecule has 0 amide bonds. The van der Waals surface area contributed by atoms with Crippen molar-refractivity contribution in [2.45, 2.75) is 0 Å². The van der Waals surface area contributed by atoms with E-state index in [9.17, 15) is 0 Å². The molecule has 0 aromatic rings. The second kappa shape index (κ2) is 9.30. The molecule has 0 aliphatic heterocycles. The topological polar surface area (TPSA) is 23.8 Å². The fraction of sp³-hybridized carbons (Fsp3) is 0. The van der Waals surface area contributed by atoms with E-state index in [1.54, 1.807) is 6.07 Å². The predicted molar refractivity (Wildman–Crippen MR) is 14.5 cm³/mol. The quantitative estimate of drug-likeness (QED) is 0.253. The van der Waals surface area contributed by atoms with Gasteiger partial charge in [-0.15, -0.1) is 6.07 Å². The average molecular weight is 111 g/mol. The van der Waals surface area contributed by atoms with Crippen molar-refractivity contribution in [1.29, 1.82) is 5.26 Å². The average Bonchev–Trinajstić information content (AvgIpc) is 1.37. The molecule has 0 unspecified atom stereocenters. The Kier molecular flexibility index (Phi) is 16.4. The van der Waals surface area contributed by atoms with E-state index in [0.717, 1.165) is 0 Å². The van der Waals surface area contributed by atoms with Crippen molar-refractivity contribution in [3.8, 4) is 6.07 Å². The Labute approximate surface area is 41.2 Å². The molecule has 0 heterocycles. The van der Waals surface area contributed by atoms with Crippen molar-refractivity contribution in [3.05, 3.63) is 12.7 Å². The molecule has 0 bridgehead atoms. The number of allylic oxidation sites excluding steroid dienone is 1. The van der Waals surface area contributed by atoms with Crippen LogP contribution < -0.4 is 0 Å². The van der Waals surface area contributed by atoms with Crippen LogP contribution in [0.3, 0.4) is 0 Å². The first-order valence-electron chi connectivity index (χ1n) is 0.827. The molecule has 0 radical (unpaired) electrons. The zero-order valence-corrected chi connectivity index (χ0v) is 3.46. The van der Waals surface area contributed by atoms with Crippen LogP contribution in [0.1, 0.15) is 0 Å². The maximum atomic E-state index is 7.45. The summed E-state index contributed by atoms with van der Waals surface area (Å²) >= 11 is 0. The zero-order valence-electron chi connectivity index (χ0n) is 2.47. The molecule has 0 N–H and O–H groups in total. The molecule has 0 fully saturated rings. The summed E-state index contributed by atoms with van der Waals surface area (Å²) in [6.45, 7) is 2.99. The van der Waals surface area contributed by atoms with E-state index >= 15 is 0 Å². The minimum absolute atomic E-state index is 0. The molecule has 0 aromatic carbocycles. The van der Waals surface area contributed by atoms with Gasteiger partial charge in [0.25, 0.3) is 0 Å². The van der Waals surface area contributed by atoms with Gasteiger partial charge in [0.2, 0.25) is 0 Å². The van der Waals surface area contributed by atoms with E-state index in [-0.39, 0.29) is 16.5 Å². The Morgan fingerprint density at radius 2 is 2.00 bits per heavy atom. The summed E-state index contributed by atoms with van der Waals surface area (Å²) in [4.78, 5) is 0. The third-order valence-corrected chi connectivity index (χ3v) is 0.0791. The van der Waals surface area contributed by atoms with Gasteiger partial charge in [-0.1, -0.05) is 0 Å². The normalized spacial score (nSPS) is 3.00. The predicted octanol–water partition coefficient (Wildman–Crippen LogP) is 0.497. The maximum absolute atomic E-state index is 7.45. The van der Waals surface area contributed by atoms with Gasteiger partial charge in [-0.25, -0.2) is 5.26 Å². The van der Waals surface area contributed by atoms with Crippen molar-refractivity contribution in [1.82, 2.24) is 0 Å². The van der Waals surface area contributed by atoms with Crippen molar-refractivity contribution in [3.63, 3.8) is 0 Å². The molecule has 1 nitrogen and oxygen atoms in total. The molecule has 0 aliphatic rings.